The van der Waals surface area contributed by atoms with Crippen molar-refractivity contribution in [2.75, 3.05) is 33.4 Å². The molecule has 0 radical (unpaired) electrons. The lowest BCUT2D eigenvalue weighted by atomic mass is 9.97. The molecule has 0 saturated carbocycles. The number of carboxylic acids is 1. The Morgan fingerprint density at radius 3 is 2.00 bits per heavy atom. The van der Waals surface area contributed by atoms with Crippen molar-refractivity contribution in [1.82, 2.24) is 9.21 Å². The Bertz CT molecular complexity index is 1180. The average molecular weight is 663 g/mol. The number of aliphatic carboxylic acids is 1. The second-order valence-electron chi connectivity index (χ2n) is 9.07. The first-order chi connectivity index (χ1) is 21.6. The first-order valence-corrected chi connectivity index (χ1v) is 16.5. The number of halogens is 3. The molecule has 2 fully saturated rings. The molecule has 2 aromatic rings. The third kappa shape index (κ3) is 11.0. The number of methoxy groups -OCH3 is 1. The van der Waals surface area contributed by atoms with Gasteiger partial charge in [0.05, 0.1) is 18.0 Å². The Kier molecular flexibility index (Phi) is 20.0. The van der Waals surface area contributed by atoms with Crippen LogP contribution in [0.2, 0.25) is 0 Å². The summed E-state index contributed by atoms with van der Waals surface area (Å²) in [5, 5.41) is 10.1. The molecule has 256 valence electrons. The number of hydrogen-bond donors (Lipinski definition) is 1. The summed E-state index contributed by atoms with van der Waals surface area (Å²) in [6, 6.07) is 5.46. The van der Waals surface area contributed by atoms with E-state index >= 15 is 0 Å². The topological polar surface area (TPSA) is 106 Å². The van der Waals surface area contributed by atoms with Gasteiger partial charge < -0.3 is 24.2 Å². The van der Waals surface area contributed by atoms with Crippen molar-refractivity contribution >= 4 is 23.0 Å². The van der Waals surface area contributed by atoms with Crippen LogP contribution in [0.3, 0.4) is 0 Å². The lowest BCUT2D eigenvalue weighted by Crippen LogP contribution is -2.66. The van der Waals surface area contributed by atoms with Crippen LogP contribution in [0.15, 0.2) is 41.3 Å². The summed E-state index contributed by atoms with van der Waals surface area (Å²) < 4.78 is 72.4. The van der Waals surface area contributed by atoms with Gasteiger partial charge in [0, 0.05) is 19.7 Å². The first-order valence-electron chi connectivity index (χ1n) is 15.4. The number of benzene rings is 2. The zero-order valence-electron chi connectivity index (χ0n) is 27.8. The first kappa shape index (κ1) is 41.8. The second-order valence-corrected chi connectivity index (χ2v) is 10.4. The Labute approximate surface area is 268 Å². The Morgan fingerprint density at radius 2 is 1.51 bits per heavy atom. The number of carbonyl (C=O) groups is 2. The van der Waals surface area contributed by atoms with Gasteiger partial charge in [0.2, 0.25) is 0 Å². The highest BCUT2D eigenvalue weighted by Gasteiger charge is 2.60. The van der Waals surface area contributed by atoms with E-state index in [2.05, 4.69) is 13.8 Å². The number of fused-ring (bicyclic) bond motifs is 2. The van der Waals surface area contributed by atoms with Crippen molar-refractivity contribution in [1.29, 1.82) is 0 Å². The maximum atomic E-state index is 14.8. The lowest BCUT2D eigenvalue weighted by molar-refractivity contribution is -0.150. The monoisotopic (exact) mass is 662 g/mol. The number of likely N-dealkylation sites (tertiary alicyclic amines) is 1. The molecule has 1 amide bonds. The van der Waals surface area contributed by atoms with Gasteiger partial charge in [-0.15, -0.1) is 0 Å². The number of carbonyl (C=O) groups excluding carboxylic acids is 1. The van der Waals surface area contributed by atoms with E-state index in [1.165, 1.54) is 34.9 Å². The van der Waals surface area contributed by atoms with E-state index in [9.17, 15) is 32.1 Å². The van der Waals surface area contributed by atoms with Crippen LogP contribution in [0.4, 0.5) is 18.0 Å². The fourth-order valence-electron chi connectivity index (χ4n) is 4.41. The van der Waals surface area contributed by atoms with Gasteiger partial charge in [-0.3, -0.25) is 4.79 Å². The van der Waals surface area contributed by atoms with Crippen LogP contribution in [0, 0.1) is 17.5 Å². The molecule has 4 rings (SSSR count). The maximum Gasteiger partial charge on any atom is 0.409 e. The van der Waals surface area contributed by atoms with E-state index < -0.39 is 57.8 Å². The molecule has 0 aliphatic carbocycles. The SMILES string of the molecule is CC.CC.CC.CCC.COCCOC(=O)N1CC2CCC(C(=O)O)(C1)N2S(=O)c1cc(F)c(Oc2ccc(F)cc2)c(F)c1. The molecule has 2 bridgehead atoms. The van der Waals surface area contributed by atoms with Crippen LogP contribution in [0.1, 0.15) is 74.7 Å². The van der Waals surface area contributed by atoms with Crippen molar-refractivity contribution in [2.24, 2.45) is 0 Å². The maximum absolute atomic E-state index is 14.8. The van der Waals surface area contributed by atoms with E-state index in [1.807, 2.05) is 41.5 Å². The molecule has 45 heavy (non-hydrogen) atoms. The predicted molar refractivity (Wildman–Crippen MR) is 169 cm³/mol. The number of nitrogens with zero attached hydrogens (tertiary/aromatic N) is 2. The lowest BCUT2D eigenvalue weighted by Gasteiger charge is -2.44. The van der Waals surface area contributed by atoms with Gasteiger partial charge in [0.15, 0.2) is 17.4 Å². The van der Waals surface area contributed by atoms with Crippen molar-refractivity contribution in [3.05, 3.63) is 53.8 Å². The van der Waals surface area contributed by atoms with Gasteiger partial charge >= 0.3 is 12.1 Å². The molecular formula is C32H49F3N2O7S. The number of amides is 1. The van der Waals surface area contributed by atoms with Crippen LogP contribution in [0.25, 0.3) is 0 Å². The van der Waals surface area contributed by atoms with Crippen LogP contribution < -0.4 is 4.74 Å². The van der Waals surface area contributed by atoms with E-state index in [-0.39, 0.29) is 43.4 Å². The number of carboxylic acid groups (broad SMARTS) is 1. The molecular weight excluding hydrogens is 613 g/mol. The molecule has 2 aromatic carbocycles. The van der Waals surface area contributed by atoms with Gasteiger partial charge in [-0.05, 0) is 49.2 Å². The van der Waals surface area contributed by atoms with Crippen LogP contribution in [-0.4, -0.2) is 75.6 Å². The predicted octanol–water partition coefficient (Wildman–Crippen LogP) is 7.80. The third-order valence-electron chi connectivity index (χ3n) is 6.08. The van der Waals surface area contributed by atoms with Crippen LogP contribution in [0.5, 0.6) is 11.5 Å². The molecule has 2 aliphatic heterocycles. The largest absolute Gasteiger partial charge is 0.480 e. The number of rotatable bonds is 8. The fourth-order valence-corrected chi connectivity index (χ4v) is 6.03. The zero-order chi connectivity index (χ0) is 34.7. The van der Waals surface area contributed by atoms with Gasteiger partial charge in [0.1, 0.15) is 34.7 Å². The van der Waals surface area contributed by atoms with Gasteiger partial charge in [0.25, 0.3) is 0 Å². The molecule has 0 aromatic heterocycles. The minimum absolute atomic E-state index is 0.0144. The Balaban J connectivity index is 0.00000196. The van der Waals surface area contributed by atoms with Crippen molar-refractivity contribution in [3.63, 3.8) is 0 Å². The summed E-state index contributed by atoms with van der Waals surface area (Å²) in [5.41, 5.74) is -1.73. The molecule has 13 heteroatoms. The second kappa shape index (κ2) is 21.6. The van der Waals surface area contributed by atoms with E-state index in [1.54, 1.807) is 0 Å². The smallest absolute Gasteiger partial charge is 0.409 e. The highest BCUT2D eigenvalue weighted by atomic mass is 32.2. The third-order valence-corrected chi connectivity index (χ3v) is 7.73. The molecule has 0 spiro atoms. The fraction of sp³-hybridized carbons (Fsp3) is 0.562. The quantitative estimate of drug-likeness (QED) is 0.288. The van der Waals surface area contributed by atoms with Gasteiger partial charge in [-0.1, -0.05) is 61.8 Å². The summed E-state index contributed by atoms with van der Waals surface area (Å²) >= 11 is 0. The summed E-state index contributed by atoms with van der Waals surface area (Å²) in [6.07, 6.45) is 0.905. The van der Waals surface area contributed by atoms with E-state index in [0.29, 0.717) is 6.42 Å². The van der Waals surface area contributed by atoms with Crippen LogP contribution in [-0.2, 0) is 25.3 Å². The molecule has 1 N–H and O–H groups in total. The molecule has 3 unspecified atom stereocenters. The zero-order valence-corrected chi connectivity index (χ0v) is 28.6. The van der Waals surface area contributed by atoms with Gasteiger partial charge in [-0.25, -0.2) is 22.2 Å². The minimum Gasteiger partial charge on any atom is -0.480 e. The number of ether oxygens (including phenoxy) is 3. The highest BCUT2D eigenvalue weighted by molar-refractivity contribution is 7.82. The molecule has 2 saturated heterocycles. The molecule has 9 nitrogen and oxygen atoms in total. The summed E-state index contributed by atoms with van der Waals surface area (Å²) in [4.78, 5) is 25.7. The van der Waals surface area contributed by atoms with E-state index in [4.69, 9.17) is 14.2 Å². The Morgan fingerprint density at radius 1 is 0.978 bits per heavy atom. The normalized spacial score (nSPS) is 18.7. The Hall–Kier alpha value is -3.16. The molecule has 2 heterocycles. The number of piperazine rings is 1. The number of hydrogen-bond acceptors (Lipinski definition) is 6. The van der Waals surface area contributed by atoms with Gasteiger partial charge in [-0.2, -0.15) is 4.31 Å². The minimum atomic E-state index is -2.27. The van der Waals surface area contributed by atoms with Crippen molar-refractivity contribution in [2.45, 2.75) is 91.1 Å². The standard InChI is InChI=1S/C23H23F3N2O7S.C3H8.3C2H6/c1-33-8-9-34-22(31)27-12-15-6-7-23(13-27,21(29)30)28(15)36(32)17-10-18(25)20(19(26)11-17)35-16-4-2-14(24)3-5-16;1-3-2;3*1-2/h2-5,10-11,15H,6-9,12-13H2,1H3,(H,29,30);3H2,1-2H3;3*1-2H3. The van der Waals surface area contributed by atoms with Crippen molar-refractivity contribution < 1.29 is 46.3 Å². The summed E-state index contributed by atoms with van der Waals surface area (Å²) in [5.74, 6) is -5.00. The summed E-state index contributed by atoms with van der Waals surface area (Å²) in [6.45, 7) is 16.1. The van der Waals surface area contributed by atoms with E-state index in [0.717, 1.165) is 24.3 Å². The highest BCUT2D eigenvalue weighted by Crippen LogP contribution is 2.43. The van der Waals surface area contributed by atoms with Crippen LogP contribution >= 0.6 is 0 Å². The molecule has 3 atom stereocenters. The summed E-state index contributed by atoms with van der Waals surface area (Å²) in [7, 11) is -0.833. The average Bonchev–Trinajstić information content (AvgIpc) is 3.29. The molecule has 2 aliphatic rings. The van der Waals surface area contributed by atoms with Crippen molar-refractivity contribution in [3.8, 4) is 11.5 Å².